The van der Waals surface area contributed by atoms with Gasteiger partial charge in [-0.2, -0.15) is 0 Å². The molecule has 9 nitrogen and oxygen atoms in total. The number of anilines is 1. The number of hydrogen-bond acceptors (Lipinski definition) is 6. The molecule has 4 aliphatic heterocycles. The van der Waals surface area contributed by atoms with Gasteiger partial charge in [0.05, 0.1) is 31.0 Å². The number of rotatable bonds is 8. The van der Waals surface area contributed by atoms with Gasteiger partial charge in [0.2, 0.25) is 5.91 Å². The monoisotopic (exact) mass is 546 g/mol. The van der Waals surface area contributed by atoms with Crippen molar-refractivity contribution < 1.29 is 23.9 Å². The van der Waals surface area contributed by atoms with Crippen molar-refractivity contribution in [3.05, 3.63) is 53.1 Å². The molecule has 0 aromatic heterocycles. The fourth-order valence-electron chi connectivity index (χ4n) is 7.21. The molecular weight excluding hydrogens is 508 g/mol. The van der Waals surface area contributed by atoms with Crippen molar-refractivity contribution >= 4 is 23.4 Å². The average Bonchev–Trinajstić information content (AvgIpc) is 3.29. The van der Waals surface area contributed by atoms with Crippen LogP contribution in [0.15, 0.2) is 36.4 Å². The quantitative estimate of drug-likeness (QED) is 0.539. The zero-order valence-corrected chi connectivity index (χ0v) is 23.4. The molecule has 0 aliphatic carbocycles. The van der Waals surface area contributed by atoms with E-state index in [9.17, 15) is 14.4 Å². The summed E-state index contributed by atoms with van der Waals surface area (Å²) in [7, 11) is 3.05. The van der Waals surface area contributed by atoms with Crippen LogP contribution in [0.25, 0.3) is 0 Å². The maximum absolute atomic E-state index is 13.8. The van der Waals surface area contributed by atoms with E-state index < -0.39 is 6.17 Å². The number of piperidine rings is 2. The number of benzene rings is 2. The van der Waals surface area contributed by atoms with Gasteiger partial charge in [0, 0.05) is 31.1 Å². The van der Waals surface area contributed by atoms with Gasteiger partial charge in [-0.3, -0.25) is 19.3 Å². The summed E-state index contributed by atoms with van der Waals surface area (Å²) in [4.78, 5) is 46.4. The van der Waals surface area contributed by atoms with Crippen LogP contribution in [0, 0.1) is 5.92 Å². The average molecular weight is 547 g/mol. The van der Waals surface area contributed by atoms with Gasteiger partial charge < -0.3 is 24.6 Å². The van der Waals surface area contributed by atoms with Crippen LogP contribution >= 0.6 is 0 Å². The SMILES string of the molecule is COc1ccc2c(c1OC)C(=O)N1c3ccccc3C(=O)N(CCCC(=O)NCC3CCCN4CCCCC34)C21. The third-order valence-corrected chi connectivity index (χ3v) is 9.08. The molecule has 1 N–H and O–H groups in total. The van der Waals surface area contributed by atoms with Crippen LogP contribution in [-0.4, -0.2) is 74.0 Å². The van der Waals surface area contributed by atoms with Gasteiger partial charge in [0.15, 0.2) is 11.5 Å². The summed E-state index contributed by atoms with van der Waals surface area (Å²) >= 11 is 0. The fourth-order valence-corrected chi connectivity index (χ4v) is 7.21. The highest BCUT2D eigenvalue weighted by atomic mass is 16.5. The maximum Gasteiger partial charge on any atom is 0.264 e. The highest BCUT2D eigenvalue weighted by Crippen LogP contribution is 2.49. The third kappa shape index (κ3) is 4.50. The fraction of sp³-hybridized carbons (Fsp3) is 0.516. The second-order valence-electron chi connectivity index (χ2n) is 11.2. The number of fused-ring (bicyclic) bond motifs is 6. The maximum atomic E-state index is 13.8. The highest BCUT2D eigenvalue weighted by Gasteiger charge is 2.49. The van der Waals surface area contributed by atoms with Gasteiger partial charge in [-0.1, -0.05) is 24.6 Å². The van der Waals surface area contributed by atoms with E-state index in [1.807, 2.05) is 12.1 Å². The summed E-state index contributed by atoms with van der Waals surface area (Å²) in [6.45, 7) is 3.44. The summed E-state index contributed by atoms with van der Waals surface area (Å²) in [5.74, 6) is 0.980. The van der Waals surface area contributed by atoms with Crippen molar-refractivity contribution in [1.82, 2.24) is 15.1 Å². The van der Waals surface area contributed by atoms with Crippen molar-refractivity contribution in [2.24, 2.45) is 5.92 Å². The molecule has 2 saturated heterocycles. The molecular formula is C31H38N4O5. The number of nitrogens with zero attached hydrogens (tertiary/aromatic N) is 3. The van der Waals surface area contributed by atoms with Crippen LogP contribution in [-0.2, 0) is 4.79 Å². The molecule has 4 heterocycles. The van der Waals surface area contributed by atoms with E-state index >= 15 is 0 Å². The van der Waals surface area contributed by atoms with Crippen molar-refractivity contribution in [3.8, 4) is 11.5 Å². The molecule has 4 aliphatic rings. The minimum atomic E-state index is -0.604. The first-order valence-electron chi connectivity index (χ1n) is 14.5. The Morgan fingerprint density at radius 3 is 2.62 bits per heavy atom. The van der Waals surface area contributed by atoms with Crippen molar-refractivity contribution in [2.45, 2.75) is 57.2 Å². The minimum Gasteiger partial charge on any atom is -0.493 e. The van der Waals surface area contributed by atoms with E-state index in [-0.39, 0.29) is 17.7 Å². The van der Waals surface area contributed by atoms with Crippen LogP contribution in [0.2, 0.25) is 0 Å². The molecule has 2 fully saturated rings. The number of ether oxygens (including phenoxy) is 2. The Morgan fingerprint density at radius 1 is 0.975 bits per heavy atom. The van der Waals surface area contributed by atoms with Gasteiger partial charge in [-0.25, -0.2) is 0 Å². The van der Waals surface area contributed by atoms with Crippen LogP contribution in [0.4, 0.5) is 5.69 Å². The number of nitrogens with one attached hydrogen (secondary N) is 1. The summed E-state index contributed by atoms with van der Waals surface area (Å²) < 4.78 is 11.0. The normalized spacial score (nSPS) is 23.7. The van der Waals surface area contributed by atoms with Gasteiger partial charge >= 0.3 is 0 Å². The second kappa shape index (κ2) is 11.1. The summed E-state index contributed by atoms with van der Waals surface area (Å²) in [5, 5.41) is 3.18. The Balaban J connectivity index is 1.17. The minimum absolute atomic E-state index is 0.0175. The number of amides is 3. The van der Waals surface area contributed by atoms with E-state index in [2.05, 4.69) is 10.2 Å². The Kier molecular flexibility index (Phi) is 7.40. The first-order chi connectivity index (χ1) is 19.5. The van der Waals surface area contributed by atoms with Crippen LogP contribution < -0.4 is 19.7 Å². The molecule has 40 heavy (non-hydrogen) atoms. The number of methoxy groups -OCH3 is 2. The van der Waals surface area contributed by atoms with Crippen LogP contribution in [0.5, 0.6) is 11.5 Å². The molecule has 2 aromatic carbocycles. The van der Waals surface area contributed by atoms with Crippen LogP contribution in [0.3, 0.4) is 0 Å². The first kappa shape index (κ1) is 26.6. The summed E-state index contributed by atoms with van der Waals surface area (Å²) in [6.07, 6.45) is 6.38. The standard InChI is InChI=1S/C31H38N4O5/c1-39-25-15-14-22-27(28(25)40-2)31(38)35-24-12-4-3-10-21(24)30(37)34(29(22)35)18-8-13-26(36)32-19-20-9-7-17-33-16-6-5-11-23(20)33/h3-4,10,12,14-15,20,23,29H,5-9,11,13,16-19H2,1-2H3,(H,32,36). The summed E-state index contributed by atoms with van der Waals surface area (Å²) in [5.41, 5.74) is 2.16. The van der Waals surface area contributed by atoms with E-state index in [0.717, 1.165) is 6.54 Å². The number of carbonyl (C=O) groups is 3. The van der Waals surface area contributed by atoms with Gasteiger partial charge in [0.25, 0.3) is 11.8 Å². The lowest BCUT2D eigenvalue weighted by molar-refractivity contribution is -0.121. The van der Waals surface area contributed by atoms with E-state index in [0.29, 0.717) is 65.2 Å². The van der Waals surface area contributed by atoms with Gasteiger partial charge in [-0.05, 0) is 69.3 Å². The summed E-state index contributed by atoms with van der Waals surface area (Å²) in [6, 6.07) is 11.4. The number of carbonyl (C=O) groups excluding carboxylic acids is 3. The largest absolute Gasteiger partial charge is 0.493 e. The molecule has 6 rings (SSSR count). The molecule has 9 heteroatoms. The predicted octanol–water partition coefficient (Wildman–Crippen LogP) is 3.98. The Morgan fingerprint density at radius 2 is 1.80 bits per heavy atom. The zero-order valence-electron chi connectivity index (χ0n) is 23.4. The van der Waals surface area contributed by atoms with E-state index in [1.165, 1.54) is 59.4 Å². The van der Waals surface area contributed by atoms with Gasteiger partial charge in [0.1, 0.15) is 6.17 Å². The molecule has 0 saturated carbocycles. The molecule has 212 valence electrons. The van der Waals surface area contributed by atoms with Crippen molar-refractivity contribution in [2.75, 3.05) is 45.3 Å². The zero-order chi connectivity index (χ0) is 27.8. The lowest BCUT2D eigenvalue weighted by atomic mass is 9.83. The molecule has 0 radical (unpaired) electrons. The Hall–Kier alpha value is -3.59. The molecule has 3 amide bonds. The first-order valence-corrected chi connectivity index (χ1v) is 14.5. The Bertz CT molecular complexity index is 1310. The predicted molar refractivity (Wildman–Crippen MR) is 151 cm³/mol. The molecule has 2 aromatic rings. The molecule has 3 unspecified atom stereocenters. The van der Waals surface area contributed by atoms with E-state index in [1.54, 1.807) is 34.1 Å². The lowest BCUT2D eigenvalue weighted by Gasteiger charge is -2.44. The number of para-hydroxylation sites is 1. The molecule has 0 bridgehead atoms. The highest BCUT2D eigenvalue weighted by molar-refractivity contribution is 6.18. The van der Waals surface area contributed by atoms with Gasteiger partial charge in [-0.15, -0.1) is 0 Å². The van der Waals surface area contributed by atoms with Crippen LogP contribution in [0.1, 0.15) is 77.4 Å². The Labute approximate surface area is 235 Å². The topological polar surface area (TPSA) is 91.4 Å². The van der Waals surface area contributed by atoms with Crippen molar-refractivity contribution in [1.29, 1.82) is 0 Å². The molecule has 3 atom stereocenters. The third-order valence-electron chi connectivity index (χ3n) is 9.08. The van der Waals surface area contributed by atoms with E-state index in [4.69, 9.17) is 9.47 Å². The second-order valence-corrected chi connectivity index (χ2v) is 11.2. The smallest absolute Gasteiger partial charge is 0.264 e. The molecule has 0 spiro atoms. The number of hydrogen-bond donors (Lipinski definition) is 1. The van der Waals surface area contributed by atoms with Crippen molar-refractivity contribution in [3.63, 3.8) is 0 Å². The lowest BCUT2D eigenvalue weighted by Crippen LogP contribution is -2.51.